The molecule has 2 heterocycles. The number of ether oxygens (including phenoxy) is 4. The number of unbranched alkanes of at least 4 members (excludes halogenated alkanes) is 4. The van der Waals surface area contributed by atoms with Crippen LogP contribution in [0, 0.1) is 0 Å². The highest BCUT2D eigenvalue weighted by atomic mass is 16.7. The third kappa shape index (κ3) is 9.23. The van der Waals surface area contributed by atoms with Crippen LogP contribution < -0.4 is 10.1 Å². The van der Waals surface area contributed by atoms with Gasteiger partial charge in [0.1, 0.15) is 11.9 Å². The molecule has 1 fully saturated rings. The highest BCUT2D eigenvalue weighted by molar-refractivity contribution is 5.70. The van der Waals surface area contributed by atoms with Gasteiger partial charge in [0.05, 0.1) is 13.2 Å². The molecule has 0 saturated carbocycles. The van der Waals surface area contributed by atoms with E-state index in [0.717, 1.165) is 94.5 Å². The van der Waals surface area contributed by atoms with E-state index in [0.29, 0.717) is 13.2 Å². The Bertz CT molecular complexity index is 1060. The van der Waals surface area contributed by atoms with Crippen LogP contribution in [-0.2, 0) is 33.7 Å². The zero-order valence-electron chi connectivity index (χ0n) is 24.0. The fourth-order valence-electron chi connectivity index (χ4n) is 5.13. The molecule has 1 amide bonds. The Kier molecular flexibility index (Phi) is 11.1. The summed E-state index contributed by atoms with van der Waals surface area (Å²) in [6.45, 7) is 8.30. The van der Waals surface area contributed by atoms with Gasteiger partial charge in [0.25, 0.3) is 0 Å². The molecule has 1 saturated heterocycles. The van der Waals surface area contributed by atoms with Crippen molar-refractivity contribution in [3.05, 3.63) is 64.7 Å². The van der Waals surface area contributed by atoms with Crippen molar-refractivity contribution in [3.8, 4) is 5.75 Å². The summed E-state index contributed by atoms with van der Waals surface area (Å²) in [5.41, 5.74) is 4.82. The third-order valence-electron chi connectivity index (χ3n) is 7.40. The molecule has 2 aliphatic heterocycles. The monoisotopic (exact) mass is 538 g/mol. The van der Waals surface area contributed by atoms with Crippen molar-refractivity contribution in [2.24, 2.45) is 0 Å². The van der Waals surface area contributed by atoms with Crippen molar-refractivity contribution in [1.29, 1.82) is 0 Å². The smallest absolute Gasteiger partial charge is 0.410 e. The van der Waals surface area contributed by atoms with Crippen LogP contribution in [0.5, 0.6) is 5.75 Å². The molecule has 214 valence electrons. The number of nitrogens with zero attached hydrogens (tertiary/aromatic N) is 1. The van der Waals surface area contributed by atoms with E-state index in [-0.39, 0.29) is 12.2 Å². The van der Waals surface area contributed by atoms with Crippen LogP contribution in [0.3, 0.4) is 0 Å². The van der Waals surface area contributed by atoms with E-state index >= 15 is 0 Å². The lowest BCUT2D eigenvalue weighted by atomic mass is 10.0. The molecule has 2 aromatic rings. The summed E-state index contributed by atoms with van der Waals surface area (Å²) in [6, 6.07) is 14.9. The minimum atomic E-state index is -0.614. The van der Waals surface area contributed by atoms with E-state index in [1.807, 2.05) is 44.0 Å². The highest BCUT2D eigenvalue weighted by Gasteiger charge is 2.33. The van der Waals surface area contributed by atoms with Crippen molar-refractivity contribution >= 4 is 6.09 Å². The number of cyclic esters (lactones) is 1. The van der Waals surface area contributed by atoms with E-state index in [1.54, 1.807) is 0 Å². The summed E-state index contributed by atoms with van der Waals surface area (Å²) >= 11 is 0. The van der Waals surface area contributed by atoms with E-state index in [1.165, 1.54) is 11.1 Å². The zero-order valence-corrected chi connectivity index (χ0v) is 24.0. The quantitative estimate of drug-likeness (QED) is 0.257. The number of carbonyl (C=O) groups is 1. The number of rotatable bonds is 16. The molecule has 2 aromatic carbocycles. The van der Waals surface area contributed by atoms with Crippen LogP contribution in [-0.4, -0.2) is 56.7 Å². The number of likely N-dealkylation sites (N-methyl/N-ethyl adjacent to an activating group) is 1. The second-order valence-corrected chi connectivity index (χ2v) is 11.1. The Morgan fingerprint density at radius 3 is 2.56 bits per heavy atom. The molecule has 0 aromatic heterocycles. The molecule has 2 aliphatic rings. The first-order chi connectivity index (χ1) is 18.9. The predicted octanol–water partition coefficient (Wildman–Crippen LogP) is 6.19. The normalized spacial score (nSPS) is 18.1. The lowest BCUT2D eigenvalue weighted by molar-refractivity contribution is -0.180. The SMILES string of the molecule is CNCCc1cccc(CCCCOCCCCCCN2CC(c3ccc4c(c3)COC(C)(C)O4)OC2=O)c1. The first-order valence-corrected chi connectivity index (χ1v) is 14.6. The molecule has 0 radical (unpaired) electrons. The van der Waals surface area contributed by atoms with Gasteiger partial charge in [-0.1, -0.05) is 43.2 Å². The molecule has 1 N–H and O–H groups in total. The number of benzene rings is 2. The van der Waals surface area contributed by atoms with Crippen LogP contribution in [0.4, 0.5) is 4.79 Å². The van der Waals surface area contributed by atoms with Gasteiger partial charge in [-0.25, -0.2) is 4.79 Å². The largest absolute Gasteiger partial charge is 0.463 e. The first kappa shape index (κ1) is 29.4. The molecule has 1 atom stereocenters. The van der Waals surface area contributed by atoms with Crippen LogP contribution in [0.1, 0.15) is 80.7 Å². The van der Waals surface area contributed by atoms with Crippen LogP contribution >= 0.6 is 0 Å². The Morgan fingerprint density at radius 2 is 1.74 bits per heavy atom. The number of nitrogens with one attached hydrogen (secondary N) is 1. The molecule has 4 rings (SSSR count). The summed E-state index contributed by atoms with van der Waals surface area (Å²) in [7, 11) is 2.00. The van der Waals surface area contributed by atoms with Gasteiger partial charge in [-0.15, -0.1) is 0 Å². The van der Waals surface area contributed by atoms with Gasteiger partial charge >= 0.3 is 6.09 Å². The average Bonchev–Trinajstić information content (AvgIpc) is 3.30. The zero-order chi connectivity index (χ0) is 27.5. The van der Waals surface area contributed by atoms with E-state index < -0.39 is 5.79 Å². The van der Waals surface area contributed by atoms with Crippen molar-refractivity contribution in [3.63, 3.8) is 0 Å². The minimum Gasteiger partial charge on any atom is -0.463 e. The summed E-state index contributed by atoms with van der Waals surface area (Å²) in [5, 5.41) is 3.21. The number of fused-ring (bicyclic) bond motifs is 1. The van der Waals surface area contributed by atoms with E-state index in [4.69, 9.17) is 18.9 Å². The fourth-order valence-corrected chi connectivity index (χ4v) is 5.13. The van der Waals surface area contributed by atoms with Gasteiger partial charge in [-0.2, -0.15) is 0 Å². The van der Waals surface area contributed by atoms with Gasteiger partial charge in [-0.05, 0) is 80.9 Å². The molecule has 1 unspecified atom stereocenters. The maximum atomic E-state index is 12.4. The second-order valence-electron chi connectivity index (χ2n) is 11.1. The fraction of sp³-hybridized carbons (Fsp3) is 0.594. The van der Waals surface area contributed by atoms with Gasteiger partial charge < -0.3 is 29.2 Å². The highest BCUT2D eigenvalue weighted by Crippen LogP contribution is 2.35. The van der Waals surface area contributed by atoms with Gasteiger partial charge in [-0.3, -0.25) is 0 Å². The van der Waals surface area contributed by atoms with Gasteiger partial charge in [0, 0.05) is 39.2 Å². The van der Waals surface area contributed by atoms with Crippen molar-refractivity contribution in [2.75, 3.05) is 39.9 Å². The van der Waals surface area contributed by atoms with Gasteiger partial charge in [0.15, 0.2) is 0 Å². The van der Waals surface area contributed by atoms with Crippen LogP contribution in [0.2, 0.25) is 0 Å². The maximum absolute atomic E-state index is 12.4. The Morgan fingerprint density at radius 1 is 0.974 bits per heavy atom. The van der Waals surface area contributed by atoms with E-state index in [2.05, 4.69) is 29.6 Å². The topological polar surface area (TPSA) is 69.3 Å². The van der Waals surface area contributed by atoms with Crippen molar-refractivity contribution < 1.29 is 23.7 Å². The second kappa shape index (κ2) is 14.7. The molecular formula is C32H46N2O5. The lowest BCUT2D eigenvalue weighted by Crippen LogP contribution is -2.35. The van der Waals surface area contributed by atoms with E-state index in [9.17, 15) is 4.79 Å². The number of aryl methyl sites for hydroxylation is 1. The van der Waals surface area contributed by atoms with Crippen LogP contribution in [0.25, 0.3) is 0 Å². The third-order valence-corrected chi connectivity index (χ3v) is 7.40. The summed E-state index contributed by atoms with van der Waals surface area (Å²) in [5.74, 6) is 0.221. The van der Waals surface area contributed by atoms with Crippen molar-refractivity contribution in [1.82, 2.24) is 10.2 Å². The summed E-state index contributed by atoms with van der Waals surface area (Å²) < 4.78 is 23.1. The Balaban J connectivity index is 1.03. The molecule has 0 bridgehead atoms. The average molecular weight is 539 g/mol. The first-order valence-electron chi connectivity index (χ1n) is 14.6. The molecular weight excluding hydrogens is 492 g/mol. The van der Waals surface area contributed by atoms with Crippen LogP contribution in [0.15, 0.2) is 42.5 Å². The maximum Gasteiger partial charge on any atom is 0.410 e. The van der Waals surface area contributed by atoms with Gasteiger partial charge in [0.2, 0.25) is 5.79 Å². The molecule has 0 aliphatic carbocycles. The number of hydrogen-bond acceptors (Lipinski definition) is 6. The predicted molar refractivity (Wildman–Crippen MR) is 153 cm³/mol. The minimum absolute atomic E-state index is 0.223. The van der Waals surface area contributed by atoms with Crippen molar-refractivity contribution in [2.45, 2.75) is 83.7 Å². The standard InChI is InChI=1S/C32H46N2O5/c1-32(2)37-24-28-22-27(14-15-29(28)39-32)30-23-34(31(35)38-30)18-7-4-5-8-19-36-20-9-6-11-25-12-10-13-26(21-25)16-17-33-3/h10,12-15,21-22,30,33H,4-9,11,16-20,23-24H2,1-3H3. The Hall–Kier alpha value is -2.61. The molecule has 7 heteroatoms. The number of amides is 1. The molecule has 0 spiro atoms. The Labute approximate surface area is 234 Å². The summed E-state index contributed by atoms with van der Waals surface area (Å²) in [4.78, 5) is 14.2. The molecule has 39 heavy (non-hydrogen) atoms. The number of carbonyl (C=O) groups excluding carboxylic acids is 1. The lowest BCUT2D eigenvalue weighted by Gasteiger charge is -2.32. The molecule has 7 nitrogen and oxygen atoms in total. The number of hydrogen-bond donors (Lipinski definition) is 1. The summed E-state index contributed by atoms with van der Waals surface area (Å²) in [6.07, 6.45) is 8.24.